The largest absolute Gasteiger partial charge is 0.381 e. The molecule has 2 heteroatoms. The molecule has 0 heterocycles. The van der Waals surface area contributed by atoms with E-state index in [1.54, 1.807) is 0 Å². The Kier molecular flexibility index (Phi) is 6.75. The van der Waals surface area contributed by atoms with Gasteiger partial charge in [0.1, 0.15) is 0 Å². The van der Waals surface area contributed by atoms with Crippen LogP contribution in [0.4, 0.5) is 0 Å². The van der Waals surface area contributed by atoms with Gasteiger partial charge >= 0.3 is 0 Å². The maximum Gasteiger partial charge on any atom is 0.0514 e. The molecule has 0 aliphatic heterocycles. The van der Waals surface area contributed by atoms with E-state index in [1.807, 2.05) is 0 Å². The Bertz CT molecular complexity index is 366. The van der Waals surface area contributed by atoms with Crippen LogP contribution in [0.25, 0.3) is 0 Å². The van der Waals surface area contributed by atoms with Gasteiger partial charge in [-0.1, -0.05) is 53.3 Å². The summed E-state index contributed by atoms with van der Waals surface area (Å²) in [5, 5.41) is 3.58. The first-order chi connectivity index (χ1) is 9.19. The number of hydrogen-bond acceptors (Lipinski definition) is 2. The smallest absolute Gasteiger partial charge is 0.0514 e. The van der Waals surface area contributed by atoms with Crippen LogP contribution in [0.1, 0.15) is 62.3 Å². The van der Waals surface area contributed by atoms with Crippen LogP contribution in [0, 0.1) is 11.3 Å². The second kappa shape index (κ2) is 7.00. The molecule has 0 aliphatic rings. The molecular formula is C19H38N2. The Morgan fingerprint density at radius 3 is 1.67 bits per heavy atom. The summed E-state index contributed by atoms with van der Waals surface area (Å²) in [6.45, 7) is 28.6. The lowest BCUT2D eigenvalue weighted by molar-refractivity contribution is 0.104. The molecule has 0 spiro atoms. The minimum atomic E-state index is 0.107. The minimum absolute atomic E-state index is 0.107. The molecule has 0 bridgehead atoms. The molecular weight excluding hydrogens is 256 g/mol. The van der Waals surface area contributed by atoms with Gasteiger partial charge in [-0.2, -0.15) is 0 Å². The second-order valence-electron chi connectivity index (χ2n) is 8.64. The number of hydrogen-bond donors (Lipinski definition) is 1. The van der Waals surface area contributed by atoms with E-state index in [1.165, 1.54) is 5.57 Å². The molecule has 21 heavy (non-hydrogen) atoms. The van der Waals surface area contributed by atoms with Gasteiger partial charge in [0.05, 0.1) is 6.04 Å². The van der Waals surface area contributed by atoms with Gasteiger partial charge in [0.2, 0.25) is 0 Å². The summed E-state index contributed by atoms with van der Waals surface area (Å²) >= 11 is 0. The van der Waals surface area contributed by atoms with Crippen molar-refractivity contribution in [2.75, 3.05) is 7.05 Å². The van der Waals surface area contributed by atoms with Crippen molar-refractivity contribution in [2.45, 2.75) is 79.9 Å². The van der Waals surface area contributed by atoms with E-state index in [0.717, 1.165) is 5.70 Å². The molecule has 0 aromatic rings. The fraction of sp³-hybridized carbons (Fsp3) is 0.789. The van der Waals surface area contributed by atoms with Crippen LogP contribution in [-0.2, 0) is 0 Å². The quantitative estimate of drug-likeness (QED) is 0.705. The molecule has 2 nitrogen and oxygen atoms in total. The molecule has 0 fully saturated rings. The Morgan fingerprint density at radius 2 is 1.38 bits per heavy atom. The molecule has 2 atom stereocenters. The molecule has 0 aromatic carbocycles. The average Bonchev–Trinajstić information content (AvgIpc) is 2.24. The molecule has 0 aromatic heterocycles. The number of rotatable bonds is 6. The molecule has 0 radical (unpaired) electrons. The molecule has 0 saturated carbocycles. The van der Waals surface area contributed by atoms with E-state index >= 15 is 0 Å². The molecule has 1 N–H and O–H groups in total. The highest BCUT2D eigenvalue weighted by Gasteiger charge is 2.30. The Balaban J connectivity index is 5.07. The van der Waals surface area contributed by atoms with Gasteiger partial charge < -0.3 is 5.32 Å². The van der Waals surface area contributed by atoms with Crippen LogP contribution >= 0.6 is 0 Å². The van der Waals surface area contributed by atoms with Crippen LogP contribution in [0.15, 0.2) is 24.4 Å². The highest BCUT2D eigenvalue weighted by atomic mass is 15.2. The molecule has 2 unspecified atom stereocenters. The van der Waals surface area contributed by atoms with Gasteiger partial charge in [-0.25, -0.2) is 0 Å². The zero-order valence-corrected chi connectivity index (χ0v) is 16.1. The van der Waals surface area contributed by atoms with Gasteiger partial charge in [0.15, 0.2) is 0 Å². The van der Waals surface area contributed by atoms with Crippen molar-refractivity contribution < 1.29 is 0 Å². The number of likely N-dealkylation sites (N-methyl/N-ethyl adjacent to an activating group) is 1. The van der Waals surface area contributed by atoms with Gasteiger partial charge in [0, 0.05) is 17.3 Å². The van der Waals surface area contributed by atoms with E-state index in [9.17, 15) is 0 Å². The third-order valence-electron chi connectivity index (χ3n) is 4.35. The predicted molar refractivity (Wildman–Crippen MR) is 96.5 cm³/mol. The van der Waals surface area contributed by atoms with Crippen LogP contribution in [0.3, 0.4) is 0 Å². The number of nitrogens with one attached hydrogen (secondary N) is 1. The maximum absolute atomic E-state index is 4.32. The summed E-state index contributed by atoms with van der Waals surface area (Å²) in [5.74, 6) is 0.504. The van der Waals surface area contributed by atoms with E-state index < -0.39 is 0 Å². The fourth-order valence-corrected chi connectivity index (χ4v) is 2.60. The van der Waals surface area contributed by atoms with Crippen molar-refractivity contribution in [1.29, 1.82) is 0 Å². The summed E-state index contributed by atoms with van der Waals surface area (Å²) in [5.41, 5.74) is 2.52. The first-order valence-corrected chi connectivity index (χ1v) is 8.07. The summed E-state index contributed by atoms with van der Waals surface area (Å²) in [6, 6.07) is 0.535. The third kappa shape index (κ3) is 5.86. The third-order valence-corrected chi connectivity index (χ3v) is 4.35. The SMILES string of the molecule is C=C(NC(C)C(=C)C(C)(C)C)C(C(C)C)N(C)C(C)(C)C. The minimum Gasteiger partial charge on any atom is -0.381 e. The normalized spacial score (nSPS) is 16.0. The van der Waals surface area contributed by atoms with Crippen LogP contribution < -0.4 is 5.32 Å². The van der Waals surface area contributed by atoms with E-state index in [-0.39, 0.29) is 17.0 Å². The lowest BCUT2D eigenvalue weighted by Crippen LogP contribution is -2.51. The van der Waals surface area contributed by atoms with Crippen molar-refractivity contribution in [3.8, 4) is 0 Å². The average molecular weight is 295 g/mol. The number of nitrogens with zero attached hydrogens (tertiary/aromatic N) is 1. The van der Waals surface area contributed by atoms with Crippen molar-refractivity contribution in [1.82, 2.24) is 10.2 Å². The van der Waals surface area contributed by atoms with Gasteiger partial charge in [0.25, 0.3) is 0 Å². The highest BCUT2D eigenvalue weighted by Crippen LogP contribution is 2.28. The summed E-state index contributed by atoms with van der Waals surface area (Å²) in [7, 11) is 2.18. The monoisotopic (exact) mass is 294 g/mol. The lowest BCUT2D eigenvalue weighted by Gasteiger charge is -2.43. The van der Waals surface area contributed by atoms with E-state index in [2.05, 4.69) is 92.7 Å². The lowest BCUT2D eigenvalue weighted by atomic mass is 9.83. The fourth-order valence-electron chi connectivity index (χ4n) is 2.60. The standard InChI is InChI=1S/C19H38N2/c1-13(2)17(21(12)19(9,10)11)16(5)20-15(4)14(3)18(6,7)8/h13,15,17,20H,3,5H2,1-2,4,6-12H3. The molecule has 0 saturated heterocycles. The van der Waals surface area contributed by atoms with Gasteiger partial charge in [-0.05, 0) is 46.1 Å². The summed E-state index contributed by atoms with van der Waals surface area (Å²) in [6.07, 6.45) is 0. The molecule has 124 valence electrons. The summed E-state index contributed by atoms with van der Waals surface area (Å²) < 4.78 is 0. The first kappa shape index (κ1) is 20.2. The Hall–Kier alpha value is -0.760. The van der Waals surface area contributed by atoms with Crippen molar-refractivity contribution in [3.05, 3.63) is 24.4 Å². The van der Waals surface area contributed by atoms with Crippen molar-refractivity contribution in [2.24, 2.45) is 11.3 Å². The maximum atomic E-state index is 4.32. The van der Waals surface area contributed by atoms with E-state index in [4.69, 9.17) is 0 Å². The van der Waals surface area contributed by atoms with Gasteiger partial charge in [-0.3, -0.25) is 4.90 Å². The van der Waals surface area contributed by atoms with Gasteiger partial charge in [-0.15, -0.1) is 0 Å². The molecule has 0 rings (SSSR count). The van der Waals surface area contributed by atoms with Crippen molar-refractivity contribution >= 4 is 0 Å². The Labute approximate surface area is 133 Å². The van der Waals surface area contributed by atoms with Crippen LogP contribution in [0.2, 0.25) is 0 Å². The Morgan fingerprint density at radius 1 is 0.952 bits per heavy atom. The van der Waals surface area contributed by atoms with E-state index in [0.29, 0.717) is 12.0 Å². The van der Waals surface area contributed by atoms with Crippen LogP contribution in [-0.4, -0.2) is 29.6 Å². The van der Waals surface area contributed by atoms with Crippen LogP contribution in [0.5, 0.6) is 0 Å². The first-order valence-electron chi connectivity index (χ1n) is 8.07. The summed E-state index contributed by atoms with van der Waals surface area (Å²) in [4.78, 5) is 2.40. The zero-order valence-electron chi connectivity index (χ0n) is 16.1. The highest BCUT2D eigenvalue weighted by molar-refractivity contribution is 5.17. The second-order valence-corrected chi connectivity index (χ2v) is 8.64. The van der Waals surface area contributed by atoms with Crippen molar-refractivity contribution in [3.63, 3.8) is 0 Å². The predicted octanol–water partition coefficient (Wildman–Crippen LogP) is 4.84. The topological polar surface area (TPSA) is 15.3 Å². The molecule has 0 aliphatic carbocycles. The molecule has 0 amide bonds. The zero-order chi connectivity index (χ0) is 17.2.